The van der Waals surface area contributed by atoms with Crippen LogP contribution in [-0.4, -0.2) is 50.4 Å². The molecule has 1 saturated carbocycles. The van der Waals surface area contributed by atoms with Crippen LogP contribution in [0.2, 0.25) is 0 Å². The number of aryl methyl sites for hydroxylation is 2. The van der Waals surface area contributed by atoms with E-state index < -0.39 is 0 Å². The minimum absolute atomic E-state index is 0.0713. The first kappa shape index (κ1) is 21.3. The van der Waals surface area contributed by atoms with Gasteiger partial charge in [0.05, 0.1) is 17.9 Å². The Morgan fingerprint density at radius 2 is 1.81 bits per heavy atom. The molecule has 2 aromatic heterocycles. The van der Waals surface area contributed by atoms with Crippen LogP contribution in [0.3, 0.4) is 0 Å². The minimum atomic E-state index is -0.0898. The average Bonchev–Trinajstić information content (AvgIpc) is 3.30. The molecule has 1 unspecified atom stereocenters. The SMILES string of the molecule is Cc1cnc(C(=O)N2CCCC2c2nc(C)c3c(n2)N(CC2CCCCC2)CCC3)cn1. The van der Waals surface area contributed by atoms with Gasteiger partial charge in [0.2, 0.25) is 0 Å². The standard InChI is InChI=1S/C25H34N6O/c1-17-14-27-21(15-26-17)25(32)31-13-7-11-22(31)23-28-18(2)20-10-6-12-30(24(20)29-23)16-19-8-4-3-5-9-19/h14-15,19,22H,3-13,16H2,1-2H3. The summed E-state index contributed by atoms with van der Waals surface area (Å²) in [6, 6.07) is -0.0898. The van der Waals surface area contributed by atoms with Crippen molar-refractivity contribution in [3.05, 3.63) is 40.9 Å². The minimum Gasteiger partial charge on any atom is -0.356 e. The predicted molar refractivity (Wildman–Crippen MR) is 124 cm³/mol. The van der Waals surface area contributed by atoms with Gasteiger partial charge in [-0.3, -0.25) is 9.78 Å². The summed E-state index contributed by atoms with van der Waals surface area (Å²) in [6.45, 7) is 6.88. The summed E-state index contributed by atoms with van der Waals surface area (Å²) in [6.07, 6.45) is 14.1. The number of amides is 1. The van der Waals surface area contributed by atoms with Crippen LogP contribution < -0.4 is 4.90 Å². The molecule has 0 bridgehead atoms. The Kier molecular flexibility index (Phi) is 6.07. The summed E-state index contributed by atoms with van der Waals surface area (Å²) < 4.78 is 0. The third-order valence-electron chi connectivity index (χ3n) is 7.38. The Morgan fingerprint density at radius 1 is 0.969 bits per heavy atom. The summed E-state index contributed by atoms with van der Waals surface area (Å²) in [4.78, 5) is 36.2. The summed E-state index contributed by atoms with van der Waals surface area (Å²) in [5.74, 6) is 2.62. The van der Waals surface area contributed by atoms with Crippen molar-refractivity contribution in [2.45, 2.75) is 77.7 Å². The van der Waals surface area contributed by atoms with E-state index in [0.717, 1.165) is 61.3 Å². The fourth-order valence-corrected chi connectivity index (χ4v) is 5.65. The molecule has 0 N–H and O–H groups in total. The lowest BCUT2D eigenvalue weighted by molar-refractivity contribution is 0.0723. The number of nitrogens with zero attached hydrogens (tertiary/aromatic N) is 6. The van der Waals surface area contributed by atoms with Crippen molar-refractivity contribution >= 4 is 11.7 Å². The lowest BCUT2D eigenvalue weighted by Gasteiger charge is -2.35. The number of rotatable bonds is 4. The van der Waals surface area contributed by atoms with Gasteiger partial charge in [0.15, 0.2) is 5.82 Å². The maximum atomic E-state index is 13.2. The third-order valence-corrected chi connectivity index (χ3v) is 7.38. The zero-order chi connectivity index (χ0) is 22.1. The maximum Gasteiger partial charge on any atom is 0.274 e. The Hall–Kier alpha value is -2.57. The molecule has 2 fully saturated rings. The lowest BCUT2D eigenvalue weighted by atomic mass is 9.88. The van der Waals surface area contributed by atoms with Gasteiger partial charge >= 0.3 is 0 Å². The Labute approximate surface area is 190 Å². The number of hydrogen-bond donors (Lipinski definition) is 0. The average molecular weight is 435 g/mol. The third kappa shape index (κ3) is 4.21. The van der Waals surface area contributed by atoms with Crippen LogP contribution in [0.1, 0.15) is 90.7 Å². The van der Waals surface area contributed by atoms with Crippen LogP contribution in [0.15, 0.2) is 12.4 Å². The van der Waals surface area contributed by atoms with E-state index in [1.54, 1.807) is 12.4 Å². The Bertz CT molecular complexity index is 969. The van der Waals surface area contributed by atoms with E-state index >= 15 is 0 Å². The molecular weight excluding hydrogens is 400 g/mol. The van der Waals surface area contributed by atoms with Gasteiger partial charge in [0.1, 0.15) is 11.5 Å². The second-order valence-electron chi connectivity index (χ2n) is 9.72. The number of fused-ring (bicyclic) bond motifs is 1. The molecule has 7 heteroatoms. The van der Waals surface area contributed by atoms with E-state index in [4.69, 9.17) is 9.97 Å². The summed E-state index contributed by atoms with van der Waals surface area (Å²) in [5.41, 5.74) is 3.59. The quantitative estimate of drug-likeness (QED) is 0.718. The molecule has 1 amide bonds. The number of hydrogen-bond acceptors (Lipinski definition) is 6. The first-order valence-corrected chi connectivity index (χ1v) is 12.3. The van der Waals surface area contributed by atoms with Gasteiger partial charge in [0, 0.05) is 37.1 Å². The van der Waals surface area contributed by atoms with Crippen molar-refractivity contribution in [3.63, 3.8) is 0 Å². The number of anilines is 1. The monoisotopic (exact) mass is 434 g/mol. The van der Waals surface area contributed by atoms with Crippen molar-refractivity contribution < 1.29 is 4.79 Å². The number of carbonyl (C=O) groups excluding carboxylic acids is 1. The normalized spacial score (nSPS) is 21.6. The molecule has 0 radical (unpaired) electrons. The Balaban J connectivity index is 1.42. The van der Waals surface area contributed by atoms with Gasteiger partial charge in [-0.1, -0.05) is 19.3 Å². The molecule has 0 aromatic carbocycles. The second-order valence-corrected chi connectivity index (χ2v) is 9.72. The molecule has 4 heterocycles. The maximum absolute atomic E-state index is 13.2. The smallest absolute Gasteiger partial charge is 0.274 e. The highest BCUT2D eigenvalue weighted by Gasteiger charge is 2.35. The van der Waals surface area contributed by atoms with Crippen molar-refractivity contribution in [1.29, 1.82) is 0 Å². The molecule has 2 aromatic rings. The topological polar surface area (TPSA) is 75.1 Å². The van der Waals surface area contributed by atoms with Crippen LogP contribution >= 0.6 is 0 Å². The summed E-state index contributed by atoms with van der Waals surface area (Å²) in [5, 5.41) is 0. The molecule has 1 saturated heterocycles. The van der Waals surface area contributed by atoms with Crippen molar-refractivity contribution in [2.24, 2.45) is 5.92 Å². The van der Waals surface area contributed by atoms with E-state index in [1.807, 2.05) is 11.8 Å². The van der Waals surface area contributed by atoms with Gasteiger partial charge in [0.25, 0.3) is 5.91 Å². The second kappa shape index (κ2) is 9.12. The predicted octanol–water partition coefficient (Wildman–Crippen LogP) is 4.19. The fraction of sp³-hybridized carbons (Fsp3) is 0.640. The highest BCUT2D eigenvalue weighted by atomic mass is 16.2. The number of carbonyl (C=O) groups is 1. The van der Waals surface area contributed by atoms with E-state index in [-0.39, 0.29) is 11.9 Å². The van der Waals surface area contributed by atoms with E-state index in [1.165, 1.54) is 44.1 Å². The highest BCUT2D eigenvalue weighted by molar-refractivity contribution is 5.92. The molecule has 170 valence electrons. The van der Waals surface area contributed by atoms with Crippen LogP contribution in [0, 0.1) is 19.8 Å². The van der Waals surface area contributed by atoms with E-state index in [9.17, 15) is 4.79 Å². The number of aromatic nitrogens is 4. The first-order valence-electron chi connectivity index (χ1n) is 12.3. The molecule has 1 aliphatic carbocycles. The number of likely N-dealkylation sites (tertiary alicyclic amines) is 1. The highest BCUT2D eigenvalue weighted by Crippen LogP contribution is 2.36. The molecular formula is C25H34N6O. The van der Waals surface area contributed by atoms with Crippen LogP contribution in [0.25, 0.3) is 0 Å². The van der Waals surface area contributed by atoms with Crippen LogP contribution in [0.5, 0.6) is 0 Å². The van der Waals surface area contributed by atoms with Crippen molar-refractivity contribution in [2.75, 3.05) is 24.5 Å². The largest absolute Gasteiger partial charge is 0.356 e. The van der Waals surface area contributed by atoms with Gasteiger partial charge in [-0.15, -0.1) is 0 Å². The molecule has 32 heavy (non-hydrogen) atoms. The molecule has 0 spiro atoms. The van der Waals surface area contributed by atoms with E-state index in [2.05, 4.69) is 21.8 Å². The molecule has 3 aliphatic rings. The molecule has 2 aliphatic heterocycles. The van der Waals surface area contributed by atoms with Crippen molar-refractivity contribution in [1.82, 2.24) is 24.8 Å². The van der Waals surface area contributed by atoms with Gasteiger partial charge < -0.3 is 9.80 Å². The van der Waals surface area contributed by atoms with Crippen LogP contribution in [-0.2, 0) is 6.42 Å². The van der Waals surface area contributed by atoms with E-state index in [0.29, 0.717) is 12.2 Å². The molecule has 7 nitrogen and oxygen atoms in total. The Morgan fingerprint density at radius 3 is 2.59 bits per heavy atom. The molecule has 1 atom stereocenters. The van der Waals surface area contributed by atoms with Gasteiger partial charge in [-0.2, -0.15) is 0 Å². The summed E-state index contributed by atoms with van der Waals surface area (Å²) in [7, 11) is 0. The van der Waals surface area contributed by atoms with Crippen molar-refractivity contribution in [3.8, 4) is 0 Å². The first-order chi connectivity index (χ1) is 15.6. The fourth-order valence-electron chi connectivity index (χ4n) is 5.65. The lowest BCUT2D eigenvalue weighted by Crippen LogP contribution is -2.37. The van der Waals surface area contributed by atoms with Gasteiger partial charge in [-0.25, -0.2) is 15.0 Å². The summed E-state index contributed by atoms with van der Waals surface area (Å²) >= 11 is 0. The molecule has 5 rings (SSSR count). The van der Waals surface area contributed by atoms with Gasteiger partial charge in [-0.05, 0) is 58.3 Å². The zero-order valence-electron chi connectivity index (χ0n) is 19.4. The zero-order valence-corrected chi connectivity index (χ0v) is 19.4. The van der Waals surface area contributed by atoms with Crippen LogP contribution in [0.4, 0.5) is 5.82 Å².